The first-order valence-electron chi connectivity index (χ1n) is 9.45. The van der Waals surface area contributed by atoms with Crippen molar-refractivity contribution in [3.63, 3.8) is 0 Å². The van der Waals surface area contributed by atoms with Gasteiger partial charge in [0.15, 0.2) is 0 Å². The van der Waals surface area contributed by atoms with Gasteiger partial charge in [-0.1, -0.05) is 6.92 Å². The van der Waals surface area contributed by atoms with Gasteiger partial charge in [-0.15, -0.1) is 11.8 Å². The summed E-state index contributed by atoms with van der Waals surface area (Å²) in [5.41, 5.74) is 0.190. The summed E-state index contributed by atoms with van der Waals surface area (Å²) in [7, 11) is 0. The molecule has 3 fully saturated rings. The number of thioether (sulfide) groups is 1. The summed E-state index contributed by atoms with van der Waals surface area (Å²) in [5.74, 6) is -0.747. The van der Waals surface area contributed by atoms with Gasteiger partial charge in [0.05, 0.1) is 12.0 Å². The number of aliphatic hydroxyl groups excluding tert-OH is 1. The largest absolute Gasteiger partial charge is 0.477 e. The molecular formula is C18H27N3O5S. The number of nitrogens with zero attached hydrogens (tertiary/aromatic N) is 1. The van der Waals surface area contributed by atoms with Gasteiger partial charge in [-0.3, -0.25) is 9.59 Å². The Morgan fingerprint density at radius 3 is 2.56 bits per heavy atom. The monoisotopic (exact) mass is 397 g/mol. The first-order chi connectivity index (χ1) is 12.9. The van der Waals surface area contributed by atoms with Gasteiger partial charge in [-0.2, -0.15) is 0 Å². The molecule has 150 valence electrons. The summed E-state index contributed by atoms with van der Waals surface area (Å²) >= 11 is 1.61. The fourth-order valence-electron chi connectivity index (χ4n) is 4.11. The first-order valence-corrected chi connectivity index (χ1v) is 10.3. The van der Waals surface area contributed by atoms with Gasteiger partial charge in [0, 0.05) is 48.2 Å². The highest BCUT2D eigenvalue weighted by Gasteiger charge is 2.52. The van der Waals surface area contributed by atoms with Crippen molar-refractivity contribution >= 4 is 29.5 Å². The van der Waals surface area contributed by atoms with Gasteiger partial charge in [0.25, 0.3) is 0 Å². The van der Waals surface area contributed by atoms with E-state index in [2.05, 4.69) is 10.6 Å². The van der Waals surface area contributed by atoms with Crippen LogP contribution in [0, 0.1) is 11.8 Å². The Balaban J connectivity index is 0.000000659. The number of fused-ring (bicyclic) bond motifs is 1. The average molecular weight is 397 g/mol. The number of carboxylic acid groups (broad SMARTS) is 1. The van der Waals surface area contributed by atoms with E-state index in [4.69, 9.17) is 5.11 Å². The van der Waals surface area contributed by atoms with Crippen LogP contribution in [0.25, 0.3) is 0 Å². The Hall–Kier alpha value is -1.58. The van der Waals surface area contributed by atoms with Crippen molar-refractivity contribution in [2.24, 2.45) is 11.8 Å². The van der Waals surface area contributed by atoms with Crippen LogP contribution in [0.2, 0.25) is 0 Å². The van der Waals surface area contributed by atoms with E-state index in [0.29, 0.717) is 17.7 Å². The fourth-order valence-corrected chi connectivity index (χ4v) is 5.64. The van der Waals surface area contributed by atoms with Crippen LogP contribution in [0.5, 0.6) is 0 Å². The lowest BCUT2D eigenvalue weighted by Crippen LogP contribution is -2.51. The van der Waals surface area contributed by atoms with E-state index in [1.54, 1.807) is 18.7 Å². The summed E-state index contributed by atoms with van der Waals surface area (Å²) in [6, 6.07) is 0.331. The minimum Gasteiger partial charge on any atom is -0.477 e. The van der Waals surface area contributed by atoms with Crippen LogP contribution < -0.4 is 10.6 Å². The number of amides is 2. The fraction of sp³-hybridized carbons (Fsp3) is 0.722. The molecule has 4 aliphatic heterocycles. The lowest BCUT2D eigenvalue weighted by atomic mass is 9.93. The van der Waals surface area contributed by atoms with E-state index in [-0.39, 0.29) is 42.0 Å². The molecule has 0 aromatic rings. The van der Waals surface area contributed by atoms with Gasteiger partial charge >= 0.3 is 5.97 Å². The minimum absolute atomic E-state index is 0.0231. The summed E-state index contributed by atoms with van der Waals surface area (Å²) in [5, 5.41) is 23.6. The predicted octanol–water partition coefficient (Wildman–Crippen LogP) is 0.132. The van der Waals surface area contributed by atoms with Crippen molar-refractivity contribution in [3.8, 4) is 0 Å². The van der Waals surface area contributed by atoms with Gasteiger partial charge < -0.3 is 25.7 Å². The van der Waals surface area contributed by atoms with Crippen molar-refractivity contribution in [1.82, 2.24) is 15.5 Å². The summed E-state index contributed by atoms with van der Waals surface area (Å²) < 4.78 is 0. The van der Waals surface area contributed by atoms with E-state index in [9.17, 15) is 19.5 Å². The third-order valence-corrected chi connectivity index (χ3v) is 7.10. The highest BCUT2D eigenvalue weighted by Crippen LogP contribution is 2.48. The van der Waals surface area contributed by atoms with Crippen molar-refractivity contribution in [2.75, 3.05) is 19.7 Å². The van der Waals surface area contributed by atoms with Crippen LogP contribution in [0.15, 0.2) is 10.6 Å². The molecule has 0 aliphatic carbocycles. The number of aliphatic carboxylic acids is 1. The number of carbonyl (C=O) groups excluding carboxylic acids is 2. The SMILES string of the molecule is CC1C(SC2CN[C@H](CC3CNC3=O)C2)=C(C(=O)O)N2C(=O)CC12.CCO. The van der Waals surface area contributed by atoms with Crippen LogP contribution in [-0.4, -0.2) is 69.9 Å². The maximum atomic E-state index is 11.8. The zero-order valence-corrected chi connectivity index (χ0v) is 16.4. The Morgan fingerprint density at radius 1 is 1.33 bits per heavy atom. The molecule has 0 aromatic heterocycles. The zero-order valence-electron chi connectivity index (χ0n) is 15.6. The molecule has 0 bridgehead atoms. The molecule has 2 amide bonds. The Kier molecular flexibility index (Phi) is 6.12. The van der Waals surface area contributed by atoms with Crippen LogP contribution >= 0.6 is 11.8 Å². The van der Waals surface area contributed by atoms with Crippen LogP contribution in [0.1, 0.15) is 33.1 Å². The molecule has 3 saturated heterocycles. The normalized spacial score (nSPS) is 34.3. The molecule has 4 heterocycles. The highest BCUT2D eigenvalue weighted by atomic mass is 32.2. The second kappa shape index (κ2) is 8.20. The van der Waals surface area contributed by atoms with Gasteiger partial charge in [0.2, 0.25) is 11.8 Å². The van der Waals surface area contributed by atoms with Crippen LogP contribution in [0.4, 0.5) is 0 Å². The first kappa shape index (κ1) is 20.2. The quantitative estimate of drug-likeness (QED) is 0.487. The Morgan fingerprint density at radius 2 is 2.04 bits per heavy atom. The number of carboxylic acids is 1. The smallest absolute Gasteiger partial charge is 0.353 e. The molecule has 9 heteroatoms. The van der Waals surface area contributed by atoms with Gasteiger partial charge in [-0.25, -0.2) is 4.79 Å². The van der Waals surface area contributed by atoms with E-state index in [1.165, 1.54) is 4.90 Å². The highest BCUT2D eigenvalue weighted by molar-refractivity contribution is 8.03. The summed E-state index contributed by atoms with van der Waals surface area (Å²) in [4.78, 5) is 37.1. The Bertz CT molecular complexity index is 667. The number of hydrogen-bond donors (Lipinski definition) is 4. The summed E-state index contributed by atoms with van der Waals surface area (Å²) in [6.45, 7) is 5.52. The molecule has 5 atom stereocenters. The standard InChI is InChI=1S/C16H21N3O4S.C2H6O/c1-7-11-4-12(20)19(11)13(16(22)23)14(7)24-10-3-9(17-6-10)2-8-5-18-15(8)21;1-2-3/h7-11,17H,2-6H2,1H3,(H,18,21)(H,22,23);3H,2H2,1H3/t7?,8?,9-,10?,11?;/m1./s1. The molecule has 0 radical (unpaired) electrons. The van der Waals surface area contributed by atoms with Crippen molar-refractivity contribution < 1.29 is 24.6 Å². The second-order valence-electron chi connectivity index (χ2n) is 7.42. The molecule has 4 rings (SSSR count). The van der Waals surface area contributed by atoms with E-state index >= 15 is 0 Å². The topological polar surface area (TPSA) is 119 Å². The molecule has 4 unspecified atom stereocenters. The molecular weight excluding hydrogens is 370 g/mol. The molecule has 27 heavy (non-hydrogen) atoms. The van der Waals surface area contributed by atoms with E-state index < -0.39 is 5.97 Å². The lowest BCUT2D eigenvalue weighted by Gasteiger charge is -2.37. The lowest BCUT2D eigenvalue weighted by molar-refractivity contribution is -0.148. The van der Waals surface area contributed by atoms with Crippen molar-refractivity contribution in [1.29, 1.82) is 0 Å². The third kappa shape index (κ3) is 3.86. The summed E-state index contributed by atoms with van der Waals surface area (Å²) in [6.07, 6.45) is 2.22. The van der Waals surface area contributed by atoms with Gasteiger partial charge in [-0.05, 0) is 19.8 Å². The second-order valence-corrected chi connectivity index (χ2v) is 8.76. The van der Waals surface area contributed by atoms with Gasteiger partial charge in [0.1, 0.15) is 5.70 Å². The van der Waals surface area contributed by atoms with E-state index in [1.807, 2.05) is 6.92 Å². The van der Waals surface area contributed by atoms with Crippen LogP contribution in [0.3, 0.4) is 0 Å². The molecule has 4 N–H and O–H groups in total. The molecule has 4 aliphatic rings. The number of aliphatic hydroxyl groups is 1. The van der Waals surface area contributed by atoms with Crippen molar-refractivity contribution in [2.45, 2.75) is 50.4 Å². The maximum Gasteiger partial charge on any atom is 0.353 e. The number of hydrogen-bond acceptors (Lipinski definition) is 6. The Labute approximate surface area is 162 Å². The minimum atomic E-state index is -1.01. The number of carbonyl (C=O) groups is 3. The third-order valence-electron chi connectivity index (χ3n) is 5.59. The molecule has 0 spiro atoms. The predicted molar refractivity (Wildman–Crippen MR) is 101 cm³/mol. The van der Waals surface area contributed by atoms with Crippen LogP contribution in [-0.2, 0) is 14.4 Å². The number of β-lactam (4-membered cyclic amide) rings is 2. The number of rotatable bonds is 5. The zero-order chi connectivity index (χ0) is 19.7. The maximum absolute atomic E-state index is 11.8. The average Bonchev–Trinajstić information content (AvgIpc) is 3.14. The molecule has 0 saturated carbocycles. The molecule has 0 aromatic carbocycles. The van der Waals surface area contributed by atoms with E-state index in [0.717, 1.165) is 30.8 Å². The number of nitrogens with one attached hydrogen (secondary N) is 2. The molecule has 8 nitrogen and oxygen atoms in total. The van der Waals surface area contributed by atoms with Crippen molar-refractivity contribution in [3.05, 3.63) is 10.6 Å².